The lowest BCUT2D eigenvalue weighted by Gasteiger charge is -2.36. The van der Waals surface area contributed by atoms with Crippen molar-refractivity contribution in [1.82, 2.24) is 20.4 Å². The zero-order valence-corrected chi connectivity index (χ0v) is 20.4. The van der Waals surface area contributed by atoms with Crippen LogP contribution in [-0.4, -0.2) is 41.8 Å². The Labute approximate surface area is 199 Å². The van der Waals surface area contributed by atoms with Gasteiger partial charge in [0.05, 0.1) is 25.8 Å². The monoisotopic (exact) mass is 462 g/mol. The minimum atomic E-state index is -0.499. The Bertz CT molecular complexity index is 1230. The maximum Gasteiger partial charge on any atom is 0.322 e. The molecule has 178 valence electrons. The molecular weight excluding hydrogens is 432 g/mol. The molecule has 1 unspecified atom stereocenters. The van der Waals surface area contributed by atoms with Crippen molar-refractivity contribution in [3.05, 3.63) is 65.2 Å². The van der Waals surface area contributed by atoms with Crippen LogP contribution < -0.4 is 14.8 Å². The fourth-order valence-electron chi connectivity index (χ4n) is 4.16. The molecule has 0 aliphatic carbocycles. The Hall–Kier alpha value is -3.81. The maximum atomic E-state index is 13.1. The van der Waals surface area contributed by atoms with Crippen LogP contribution in [0.4, 0.5) is 4.79 Å². The van der Waals surface area contributed by atoms with E-state index in [1.807, 2.05) is 56.3 Å². The lowest BCUT2D eigenvalue weighted by atomic mass is 9.94. The number of nitrogens with one attached hydrogen (secondary N) is 1. The van der Waals surface area contributed by atoms with E-state index in [1.54, 1.807) is 19.1 Å². The Morgan fingerprint density at radius 1 is 1.09 bits per heavy atom. The highest BCUT2D eigenvalue weighted by Gasteiger charge is 2.36. The van der Waals surface area contributed by atoms with Crippen molar-refractivity contribution in [2.45, 2.75) is 33.7 Å². The number of aromatic nitrogens is 2. The van der Waals surface area contributed by atoms with Gasteiger partial charge in [0.15, 0.2) is 11.5 Å². The number of aryl methyl sites for hydroxylation is 1. The summed E-state index contributed by atoms with van der Waals surface area (Å²) in [7, 11) is 3.17. The molecule has 1 aromatic heterocycles. The first-order valence-electron chi connectivity index (χ1n) is 11.2. The molecule has 0 radical (unpaired) electrons. The van der Waals surface area contributed by atoms with E-state index < -0.39 is 6.04 Å². The Kier molecular flexibility index (Phi) is 6.58. The van der Waals surface area contributed by atoms with E-state index in [1.165, 1.54) is 0 Å². The summed E-state index contributed by atoms with van der Waals surface area (Å²) >= 11 is 0. The van der Waals surface area contributed by atoms with Crippen molar-refractivity contribution in [1.29, 1.82) is 0 Å². The molecule has 1 atom stereocenters. The highest BCUT2D eigenvalue weighted by molar-refractivity contribution is 5.87. The molecule has 8 nitrogen and oxygen atoms in total. The number of rotatable bonds is 7. The average molecular weight is 463 g/mol. The van der Waals surface area contributed by atoms with Gasteiger partial charge in [0.2, 0.25) is 5.82 Å². The number of carbonyl (C=O) groups excluding carboxylic acids is 1. The molecule has 0 spiro atoms. The minimum absolute atomic E-state index is 0.173. The number of amides is 2. The zero-order valence-electron chi connectivity index (χ0n) is 20.4. The molecule has 0 bridgehead atoms. The quantitative estimate of drug-likeness (QED) is 0.518. The van der Waals surface area contributed by atoms with E-state index >= 15 is 0 Å². The summed E-state index contributed by atoms with van der Waals surface area (Å²) < 4.78 is 16.6. The molecule has 2 heterocycles. The van der Waals surface area contributed by atoms with Crippen LogP contribution in [0.2, 0.25) is 0 Å². The SMILES string of the molecule is COc1ccc(C2NC(=O)N(CC(C)C)C(C)=C2c2nc(-c3cccc(C)c3)no2)cc1OC. The van der Waals surface area contributed by atoms with E-state index in [9.17, 15) is 4.79 Å². The van der Waals surface area contributed by atoms with Gasteiger partial charge in [-0.2, -0.15) is 4.98 Å². The van der Waals surface area contributed by atoms with Gasteiger partial charge >= 0.3 is 6.03 Å². The minimum Gasteiger partial charge on any atom is -0.493 e. The molecule has 1 aliphatic heterocycles. The third kappa shape index (κ3) is 4.48. The third-order valence-corrected chi connectivity index (χ3v) is 5.82. The van der Waals surface area contributed by atoms with Crippen LogP contribution in [0, 0.1) is 12.8 Å². The lowest BCUT2D eigenvalue weighted by Crippen LogP contribution is -2.47. The van der Waals surface area contributed by atoms with Gasteiger partial charge < -0.3 is 19.3 Å². The number of hydrogen-bond acceptors (Lipinski definition) is 6. The summed E-state index contributed by atoms with van der Waals surface area (Å²) in [5, 5.41) is 7.35. The standard InChI is InChI=1S/C26H30N4O4/c1-15(2)14-30-17(4)22(25-28-24(29-34-25)19-9-7-8-16(3)12-19)23(27-26(30)31)18-10-11-20(32-5)21(13-18)33-6/h7-13,15,23H,14H2,1-6H3,(H,27,31). The van der Waals surface area contributed by atoms with Crippen LogP contribution in [0.3, 0.4) is 0 Å². The van der Waals surface area contributed by atoms with Crippen molar-refractivity contribution < 1.29 is 18.8 Å². The van der Waals surface area contributed by atoms with Crippen LogP contribution in [0.15, 0.2) is 52.7 Å². The molecular formula is C26H30N4O4. The number of carbonyl (C=O) groups is 1. The van der Waals surface area contributed by atoms with Crippen LogP contribution in [-0.2, 0) is 0 Å². The zero-order chi connectivity index (χ0) is 24.4. The molecule has 2 amide bonds. The van der Waals surface area contributed by atoms with E-state index in [2.05, 4.69) is 24.3 Å². The maximum absolute atomic E-state index is 13.1. The molecule has 8 heteroatoms. The molecule has 1 aliphatic rings. The third-order valence-electron chi connectivity index (χ3n) is 5.82. The topological polar surface area (TPSA) is 89.7 Å². The van der Waals surface area contributed by atoms with Gasteiger partial charge in [0, 0.05) is 17.8 Å². The van der Waals surface area contributed by atoms with Gasteiger partial charge in [-0.3, -0.25) is 4.90 Å². The predicted molar refractivity (Wildman–Crippen MR) is 129 cm³/mol. The van der Waals surface area contributed by atoms with Crippen molar-refractivity contribution >= 4 is 11.6 Å². The summed E-state index contributed by atoms with van der Waals surface area (Å²) in [6.45, 7) is 8.65. The number of allylic oxidation sites excluding steroid dienone is 1. The number of methoxy groups -OCH3 is 2. The van der Waals surface area contributed by atoms with Gasteiger partial charge in [0.1, 0.15) is 0 Å². The Morgan fingerprint density at radius 3 is 2.53 bits per heavy atom. The first-order chi connectivity index (χ1) is 16.3. The fourth-order valence-corrected chi connectivity index (χ4v) is 4.16. The van der Waals surface area contributed by atoms with Gasteiger partial charge in [0.25, 0.3) is 5.89 Å². The molecule has 4 rings (SSSR count). The molecule has 1 N–H and O–H groups in total. The average Bonchev–Trinajstić information content (AvgIpc) is 3.30. The van der Waals surface area contributed by atoms with Crippen LogP contribution in [0.25, 0.3) is 17.0 Å². The van der Waals surface area contributed by atoms with E-state index in [0.717, 1.165) is 28.0 Å². The lowest BCUT2D eigenvalue weighted by molar-refractivity contribution is 0.199. The smallest absolute Gasteiger partial charge is 0.322 e. The normalized spacial score (nSPS) is 16.1. The van der Waals surface area contributed by atoms with Gasteiger partial charge in [-0.1, -0.05) is 48.8 Å². The molecule has 2 aromatic carbocycles. The number of benzene rings is 2. The molecule has 0 saturated carbocycles. The van der Waals surface area contributed by atoms with E-state index in [4.69, 9.17) is 19.0 Å². The Morgan fingerprint density at radius 2 is 1.85 bits per heavy atom. The second kappa shape index (κ2) is 9.59. The van der Waals surface area contributed by atoms with Crippen molar-refractivity contribution in [2.75, 3.05) is 20.8 Å². The molecule has 3 aromatic rings. The van der Waals surface area contributed by atoms with Crippen molar-refractivity contribution in [3.8, 4) is 22.9 Å². The van der Waals surface area contributed by atoms with Crippen LogP contribution in [0.1, 0.15) is 43.8 Å². The van der Waals surface area contributed by atoms with Gasteiger partial charge in [-0.05, 0) is 43.5 Å². The summed E-state index contributed by atoms with van der Waals surface area (Å²) in [4.78, 5) is 19.5. The summed E-state index contributed by atoms with van der Waals surface area (Å²) in [5.41, 5.74) is 4.32. The Balaban J connectivity index is 1.83. The second-order valence-corrected chi connectivity index (χ2v) is 8.79. The van der Waals surface area contributed by atoms with E-state index in [-0.39, 0.29) is 11.9 Å². The van der Waals surface area contributed by atoms with Gasteiger partial charge in [-0.25, -0.2) is 4.79 Å². The number of ether oxygens (including phenoxy) is 2. The second-order valence-electron chi connectivity index (χ2n) is 8.79. The molecule has 34 heavy (non-hydrogen) atoms. The van der Waals surface area contributed by atoms with Crippen LogP contribution >= 0.6 is 0 Å². The van der Waals surface area contributed by atoms with Crippen molar-refractivity contribution in [2.24, 2.45) is 5.92 Å². The fraction of sp³-hybridized carbons (Fsp3) is 0.346. The van der Waals surface area contributed by atoms with Crippen LogP contribution in [0.5, 0.6) is 11.5 Å². The molecule has 0 fully saturated rings. The largest absolute Gasteiger partial charge is 0.493 e. The summed E-state index contributed by atoms with van der Waals surface area (Å²) in [5.74, 6) is 2.32. The number of nitrogens with zero attached hydrogens (tertiary/aromatic N) is 3. The molecule has 0 saturated heterocycles. The highest BCUT2D eigenvalue weighted by Crippen LogP contribution is 2.40. The van der Waals surface area contributed by atoms with E-state index in [0.29, 0.717) is 29.8 Å². The number of urea groups is 1. The highest BCUT2D eigenvalue weighted by atomic mass is 16.5. The predicted octanol–water partition coefficient (Wildman–Crippen LogP) is 5.22. The van der Waals surface area contributed by atoms with Crippen molar-refractivity contribution in [3.63, 3.8) is 0 Å². The number of hydrogen-bond donors (Lipinski definition) is 1. The van der Waals surface area contributed by atoms with Gasteiger partial charge in [-0.15, -0.1) is 0 Å². The summed E-state index contributed by atoms with van der Waals surface area (Å²) in [6.07, 6.45) is 0. The first-order valence-corrected chi connectivity index (χ1v) is 11.2. The first kappa shape index (κ1) is 23.4. The summed E-state index contributed by atoms with van der Waals surface area (Å²) in [6, 6.07) is 12.8.